The Balaban J connectivity index is 1.44. The zero-order valence-electron chi connectivity index (χ0n) is 14.8. The quantitative estimate of drug-likeness (QED) is 0.571. The average molecular weight is 366 g/mol. The van der Waals surface area contributed by atoms with Crippen molar-refractivity contribution >= 4 is 17.2 Å². The molecule has 5 heteroatoms. The normalized spacial score (nSPS) is 10.5. The van der Waals surface area contributed by atoms with Crippen LogP contribution in [0.2, 0.25) is 0 Å². The molecule has 0 radical (unpaired) electrons. The molecule has 26 heavy (non-hydrogen) atoms. The van der Waals surface area contributed by atoms with E-state index in [-0.39, 0.29) is 5.91 Å². The van der Waals surface area contributed by atoms with E-state index in [2.05, 4.69) is 15.7 Å². The fourth-order valence-corrected chi connectivity index (χ4v) is 3.37. The van der Waals surface area contributed by atoms with Crippen molar-refractivity contribution in [1.82, 2.24) is 10.3 Å². The van der Waals surface area contributed by atoms with E-state index in [0.717, 1.165) is 30.7 Å². The van der Waals surface area contributed by atoms with Crippen LogP contribution >= 0.6 is 11.3 Å². The van der Waals surface area contributed by atoms with E-state index < -0.39 is 0 Å². The summed E-state index contributed by atoms with van der Waals surface area (Å²) in [5.41, 5.74) is 1.69. The number of benzene rings is 2. The molecule has 0 fully saturated rings. The molecule has 1 amide bonds. The molecular weight excluding hydrogens is 344 g/mol. The molecule has 134 valence electrons. The van der Waals surface area contributed by atoms with Crippen LogP contribution in [0.3, 0.4) is 0 Å². The Morgan fingerprint density at radius 3 is 2.65 bits per heavy atom. The minimum absolute atomic E-state index is 0.0754. The number of para-hydroxylation sites is 1. The molecule has 0 unspecified atom stereocenters. The van der Waals surface area contributed by atoms with Gasteiger partial charge in [0, 0.05) is 23.2 Å². The second-order valence-corrected chi connectivity index (χ2v) is 6.98. The predicted octanol–water partition coefficient (Wildman–Crippen LogP) is 5.00. The smallest absolute Gasteiger partial charge is 0.251 e. The van der Waals surface area contributed by atoms with E-state index >= 15 is 0 Å². The van der Waals surface area contributed by atoms with Crippen molar-refractivity contribution in [1.29, 1.82) is 0 Å². The summed E-state index contributed by atoms with van der Waals surface area (Å²) in [6.07, 6.45) is 2.92. The highest BCUT2D eigenvalue weighted by atomic mass is 32.1. The molecule has 0 aliphatic rings. The third kappa shape index (κ3) is 5.43. The van der Waals surface area contributed by atoms with Gasteiger partial charge in [0.15, 0.2) is 0 Å². The topological polar surface area (TPSA) is 51.2 Å². The van der Waals surface area contributed by atoms with Crippen LogP contribution in [0.15, 0.2) is 60.0 Å². The molecule has 0 aliphatic carbocycles. The summed E-state index contributed by atoms with van der Waals surface area (Å²) in [6, 6.07) is 16.8. The summed E-state index contributed by atoms with van der Waals surface area (Å²) >= 11 is 1.70. The molecule has 1 heterocycles. The van der Waals surface area contributed by atoms with Gasteiger partial charge >= 0.3 is 0 Å². The number of rotatable bonds is 8. The summed E-state index contributed by atoms with van der Waals surface area (Å²) in [5.74, 6) is 1.33. The van der Waals surface area contributed by atoms with Gasteiger partial charge in [0.1, 0.15) is 11.5 Å². The first-order valence-corrected chi connectivity index (χ1v) is 9.61. The SMILES string of the molecule is Cc1csc(CCCCNC(=O)c2cccc(Oc3ccccc3)c2)n1. The Labute approximate surface area is 157 Å². The molecule has 1 N–H and O–H groups in total. The standard InChI is InChI=1S/C21H22N2O2S/c1-16-15-26-20(23-16)12-5-6-13-22-21(24)17-8-7-11-19(14-17)25-18-9-3-2-4-10-18/h2-4,7-11,14-15H,5-6,12-13H2,1H3,(H,22,24). The van der Waals surface area contributed by atoms with Crippen LogP contribution < -0.4 is 10.1 Å². The van der Waals surface area contributed by atoms with Crippen molar-refractivity contribution in [2.75, 3.05) is 6.54 Å². The minimum Gasteiger partial charge on any atom is -0.457 e. The highest BCUT2D eigenvalue weighted by molar-refractivity contribution is 7.09. The highest BCUT2D eigenvalue weighted by Crippen LogP contribution is 2.21. The minimum atomic E-state index is -0.0754. The van der Waals surface area contributed by atoms with Gasteiger partial charge in [0.2, 0.25) is 0 Å². The van der Waals surface area contributed by atoms with Crippen LogP contribution in [-0.2, 0) is 6.42 Å². The fraction of sp³-hybridized carbons (Fsp3) is 0.238. The van der Waals surface area contributed by atoms with Crippen molar-refractivity contribution < 1.29 is 9.53 Å². The lowest BCUT2D eigenvalue weighted by molar-refractivity contribution is 0.0952. The number of aryl methyl sites for hydroxylation is 2. The van der Waals surface area contributed by atoms with Gasteiger partial charge in [-0.3, -0.25) is 4.79 Å². The number of amides is 1. The number of nitrogens with one attached hydrogen (secondary N) is 1. The van der Waals surface area contributed by atoms with E-state index in [4.69, 9.17) is 4.74 Å². The first-order valence-electron chi connectivity index (χ1n) is 8.73. The summed E-state index contributed by atoms with van der Waals surface area (Å²) in [6.45, 7) is 2.67. The Morgan fingerprint density at radius 1 is 1.08 bits per heavy atom. The predicted molar refractivity (Wildman–Crippen MR) is 105 cm³/mol. The van der Waals surface area contributed by atoms with Gasteiger partial charge in [-0.15, -0.1) is 11.3 Å². The maximum absolute atomic E-state index is 12.3. The van der Waals surface area contributed by atoms with Crippen LogP contribution in [-0.4, -0.2) is 17.4 Å². The number of carbonyl (C=O) groups excluding carboxylic acids is 1. The van der Waals surface area contributed by atoms with Crippen LogP contribution in [0.5, 0.6) is 11.5 Å². The van der Waals surface area contributed by atoms with Crippen LogP contribution in [0.25, 0.3) is 0 Å². The maximum Gasteiger partial charge on any atom is 0.251 e. The first-order chi connectivity index (χ1) is 12.7. The summed E-state index contributed by atoms with van der Waals surface area (Å²) in [4.78, 5) is 16.8. The van der Waals surface area contributed by atoms with Gasteiger partial charge in [0.25, 0.3) is 5.91 Å². The Kier molecular flexibility index (Phi) is 6.39. The number of carbonyl (C=O) groups is 1. The maximum atomic E-state index is 12.3. The lowest BCUT2D eigenvalue weighted by Gasteiger charge is -2.08. The summed E-state index contributed by atoms with van der Waals surface area (Å²) in [5, 5.41) is 6.21. The van der Waals surface area contributed by atoms with E-state index in [9.17, 15) is 4.79 Å². The zero-order valence-corrected chi connectivity index (χ0v) is 15.6. The van der Waals surface area contributed by atoms with Gasteiger partial charge in [-0.05, 0) is 56.5 Å². The monoisotopic (exact) mass is 366 g/mol. The van der Waals surface area contributed by atoms with E-state index in [1.807, 2.05) is 49.4 Å². The summed E-state index contributed by atoms with van der Waals surface area (Å²) < 4.78 is 5.78. The highest BCUT2D eigenvalue weighted by Gasteiger charge is 2.07. The van der Waals surface area contributed by atoms with Crippen LogP contribution in [0, 0.1) is 6.92 Å². The molecule has 0 atom stereocenters. The average Bonchev–Trinajstić information content (AvgIpc) is 3.07. The van der Waals surface area contributed by atoms with Crippen molar-refractivity contribution in [2.45, 2.75) is 26.2 Å². The number of thiazole rings is 1. The third-order valence-electron chi connectivity index (χ3n) is 3.84. The Hall–Kier alpha value is -2.66. The molecule has 0 saturated heterocycles. The first kappa shape index (κ1) is 18.1. The van der Waals surface area contributed by atoms with Gasteiger partial charge in [0.05, 0.1) is 5.01 Å². The number of nitrogens with zero attached hydrogens (tertiary/aromatic N) is 1. The Bertz CT molecular complexity index is 846. The number of ether oxygens (including phenoxy) is 1. The van der Waals surface area contributed by atoms with Crippen molar-refractivity contribution in [3.8, 4) is 11.5 Å². The molecule has 2 aromatic carbocycles. The molecule has 1 aromatic heterocycles. The van der Waals surface area contributed by atoms with Gasteiger partial charge < -0.3 is 10.1 Å². The molecule has 4 nitrogen and oxygen atoms in total. The number of aromatic nitrogens is 1. The number of unbranched alkanes of at least 4 members (excludes halogenated alkanes) is 1. The van der Waals surface area contributed by atoms with Crippen molar-refractivity contribution in [2.24, 2.45) is 0 Å². The molecule has 3 aromatic rings. The molecule has 0 bridgehead atoms. The molecule has 0 aliphatic heterocycles. The second-order valence-electron chi connectivity index (χ2n) is 6.04. The van der Waals surface area contributed by atoms with Crippen LogP contribution in [0.1, 0.15) is 33.9 Å². The number of hydrogen-bond acceptors (Lipinski definition) is 4. The molecule has 3 rings (SSSR count). The van der Waals surface area contributed by atoms with Crippen molar-refractivity contribution in [3.05, 3.63) is 76.2 Å². The molecule has 0 saturated carbocycles. The zero-order chi connectivity index (χ0) is 18.2. The Morgan fingerprint density at radius 2 is 1.88 bits per heavy atom. The fourth-order valence-electron chi connectivity index (χ4n) is 2.55. The van der Waals surface area contributed by atoms with Gasteiger partial charge in [-0.25, -0.2) is 4.98 Å². The van der Waals surface area contributed by atoms with E-state index in [1.165, 1.54) is 5.01 Å². The van der Waals surface area contributed by atoms with Crippen LogP contribution in [0.4, 0.5) is 0 Å². The van der Waals surface area contributed by atoms with E-state index in [1.54, 1.807) is 23.5 Å². The lowest BCUT2D eigenvalue weighted by Crippen LogP contribution is -2.24. The van der Waals surface area contributed by atoms with Gasteiger partial charge in [-0.1, -0.05) is 24.3 Å². The van der Waals surface area contributed by atoms with Gasteiger partial charge in [-0.2, -0.15) is 0 Å². The van der Waals surface area contributed by atoms with Crippen molar-refractivity contribution in [3.63, 3.8) is 0 Å². The lowest BCUT2D eigenvalue weighted by atomic mass is 10.2. The van der Waals surface area contributed by atoms with E-state index in [0.29, 0.717) is 17.9 Å². The molecule has 0 spiro atoms. The second kappa shape index (κ2) is 9.15. The summed E-state index contributed by atoms with van der Waals surface area (Å²) in [7, 11) is 0. The molecular formula is C21H22N2O2S. The third-order valence-corrected chi connectivity index (χ3v) is 4.87. The number of hydrogen-bond donors (Lipinski definition) is 1. The largest absolute Gasteiger partial charge is 0.457 e.